The van der Waals surface area contributed by atoms with E-state index < -0.39 is 11.9 Å². The van der Waals surface area contributed by atoms with Crippen LogP contribution in [0.1, 0.15) is 30.1 Å². The van der Waals surface area contributed by atoms with Gasteiger partial charge >= 0.3 is 0 Å². The minimum Gasteiger partial charge on any atom is -0.397 e. The molecule has 19 heavy (non-hydrogen) atoms. The second-order valence-corrected chi connectivity index (χ2v) is 4.96. The van der Waals surface area contributed by atoms with Crippen LogP contribution in [0.5, 0.6) is 0 Å². The highest BCUT2D eigenvalue weighted by molar-refractivity contribution is 6.29. The molecule has 102 valence electrons. The fourth-order valence-electron chi connectivity index (χ4n) is 1.53. The Hall–Kier alpha value is -1.82. The van der Waals surface area contributed by atoms with Gasteiger partial charge in [0.05, 0.1) is 17.4 Å². The lowest BCUT2D eigenvalue weighted by molar-refractivity contribution is -0.122. The standard InChI is InChI=1S/C12H15ClN4O2/c1-6(11(18)17-7-2-3-7)16-12(19)8-4-10(13)15-5-9(8)14/h4-7H,2-3,14H2,1H3,(H,16,19)(H,17,18). The first-order valence-corrected chi connectivity index (χ1v) is 6.37. The van der Waals surface area contributed by atoms with Crippen molar-refractivity contribution in [2.45, 2.75) is 31.8 Å². The van der Waals surface area contributed by atoms with E-state index in [0.717, 1.165) is 12.8 Å². The highest BCUT2D eigenvalue weighted by Crippen LogP contribution is 2.19. The molecule has 0 radical (unpaired) electrons. The monoisotopic (exact) mass is 282 g/mol. The van der Waals surface area contributed by atoms with Gasteiger partial charge in [-0.15, -0.1) is 0 Å². The average Bonchev–Trinajstić information content (AvgIpc) is 3.15. The summed E-state index contributed by atoms with van der Waals surface area (Å²) in [6.07, 6.45) is 3.31. The topological polar surface area (TPSA) is 97.1 Å². The predicted molar refractivity (Wildman–Crippen MR) is 71.8 cm³/mol. The van der Waals surface area contributed by atoms with Crippen LogP contribution in [0.15, 0.2) is 12.3 Å². The van der Waals surface area contributed by atoms with Crippen molar-refractivity contribution >= 4 is 29.1 Å². The van der Waals surface area contributed by atoms with Crippen molar-refractivity contribution in [3.63, 3.8) is 0 Å². The normalized spacial score (nSPS) is 15.7. The van der Waals surface area contributed by atoms with Crippen molar-refractivity contribution in [1.29, 1.82) is 0 Å². The SMILES string of the molecule is CC(NC(=O)c1cc(Cl)ncc1N)C(=O)NC1CC1. The number of halogens is 1. The van der Waals surface area contributed by atoms with Crippen LogP contribution in [0.3, 0.4) is 0 Å². The van der Waals surface area contributed by atoms with Gasteiger partial charge in [0, 0.05) is 6.04 Å². The maximum atomic E-state index is 12.0. The first kappa shape index (κ1) is 13.6. The molecule has 1 atom stereocenters. The number of amides is 2. The molecule has 6 nitrogen and oxygen atoms in total. The average molecular weight is 283 g/mol. The minimum absolute atomic E-state index is 0.175. The van der Waals surface area contributed by atoms with Gasteiger partial charge in [0.25, 0.3) is 5.91 Å². The van der Waals surface area contributed by atoms with Gasteiger partial charge in [-0.05, 0) is 25.8 Å². The Morgan fingerprint density at radius 2 is 2.21 bits per heavy atom. The second-order valence-electron chi connectivity index (χ2n) is 4.57. The van der Waals surface area contributed by atoms with E-state index in [4.69, 9.17) is 17.3 Å². The molecule has 0 saturated heterocycles. The highest BCUT2D eigenvalue weighted by Gasteiger charge is 2.26. The maximum absolute atomic E-state index is 12.0. The summed E-state index contributed by atoms with van der Waals surface area (Å²) in [5, 5.41) is 5.57. The second kappa shape index (κ2) is 5.44. The molecule has 1 aliphatic rings. The summed E-state index contributed by atoms with van der Waals surface area (Å²) in [7, 11) is 0. The van der Waals surface area contributed by atoms with E-state index >= 15 is 0 Å². The fraction of sp³-hybridized carbons (Fsp3) is 0.417. The number of hydrogen-bond donors (Lipinski definition) is 3. The molecule has 2 amide bonds. The van der Waals surface area contributed by atoms with Gasteiger partial charge in [-0.25, -0.2) is 4.98 Å². The molecule has 0 aliphatic heterocycles. The molecular formula is C12H15ClN4O2. The Morgan fingerprint density at radius 1 is 1.53 bits per heavy atom. The third kappa shape index (κ3) is 3.57. The van der Waals surface area contributed by atoms with Crippen LogP contribution >= 0.6 is 11.6 Å². The molecule has 1 aromatic heterocycles. The third-order valence-corrected chi connectivity index (χ3v) is 3.02. The largest absolute Gasteiger partial charge is 0.397 e. The molecule has 1 saturated carbocycles. The number of rotatable bonds is 4. The van der Waals surface area contributed by atoms with E-state index in [-0.39, 0.29) is 28.4 Å². The Labute approximate surface area is 115 Å². The van der Waals surface area contributed by atoms with Crippen LogP contribution in [0.25, 0.3) is 0 Å². The number of nitrogens with one attached hydrogen (secondary N) is 2. The number of anilines is 1. The molecule has 0 aromatic carbocycles. The third-order valence-electron chi connectivity index (χ3n) is 2.81. The molecule has 1 unspecified atom stereocenters. The summed E-state index contributed by atoms with van der Waals surface area (Å²) in [4.78, 5) is 27.5. The fourth-order valence-corrected chi connectivity index (χ4v) is 1.69. The van der Waals surface area contributed by atoms with Crippen LogP contribution < -0.4 is 16.4 Å². The van der Waals surface area contributed by atoms with E-state index in [2.05, 4.69) is 15.6 Å². The molecule has 1 aromatic rings. The van der Waals surface area contributed by atoms with Crippen LogP contribution in [-0.2, 0) is 4.79 Å². The summed E-state index contributed by atoms with van der Waals surface area (Å²) in [5.74, 6) is -0.644. The number of nitrogens with zero attached hydrogens (tertiary/aromatic N) is 1. The summed E-state index contributed by atoms with van der Waals surface area (Å²) in [5.41, 5.74) is 6.08. The smallest absolute Gasteiger partial charge is 0.254 e. The number of carbonyl (C=O) groups is 2. The lowest BCUT2D eigenvalue weighted by atomic mass is 10.2. The molecule has 0 spiro atoms. The van der Waals surface area contributed by atoms with E-state index in [1.54, 1.807) is 6.92 Å². The lowest BCUT2D eigenvalue weighted by Gasteiger charge is -2.14. The number of nitrogen functional groups attached to an aromatic ring is 1. The van der Waals surface area contributed by atoms with Crippen LogP contribution in [-0.4, -0.2) is 28.9 Å². The molecule has 0 bridgehead atoms. The van der Waals surface area contributed by atoms with Crippen molar-refractivity contribution < 1.29 is 9.59 Å². The first-order chi connectivity index (χ1) is 8.97. The van der Waals surface area contributed by atoms with Gasteiger partial charge < -0.3 is 16.4 Å². The maximum Gasteiger partial charge on any atom is 0.254 e. The van der Waals surface area contributed by atoms with Crippen molar-refractivity contribution in [2.75, 3.05) is 5.73 Å². The molecule has 1 heterocycles. The Bertz CT molecular complexity index is 516. The highest BCUT2D eigenvalue weighted by atomic mass is 35.5. The Morgan fingerprint density at radius 3 is 2.84 bits per heavy atom. The van der Waals surface area contributed by atoms with Crippen molar-refractivity contribution in [2.24, 2.45) is 0 Å². The number of aromatic nitrogens is 1. The molecule has 1 fully saturated rings. The number of carbonyl (C=O) groups excluding carboxylic acids is 2. The zero-order valence-corrected chi connectivity index (χ0v) is 11.2. The predicted octanol–water partition coefficient (Wildman–Crippen LogP) is 0.714. The van der Waals surface area contributed by atoms with E-state index in [9.17, 15) is 9.59 Å². The van der Waals surface area contributed by atoms with Crippen molar-refractivity contribution in [3.8, 4) is 0 Å². The molecule has 1 aliphatic carbocycles. The van der Waals surface area contributed by atoms with Crippen LogP contribution in [0.4, 0.5) is 5.69 Å². The molecular weight excluding hydrogens is 268 g/mol. The van der Waals surface area contributed by atoms with Crippen LogP contribution in [0.2, 0.25) is 5.15 Å². The summed E-state index contributed by atoms with van der Waals surface area (Å²) in [6.45, 7) is 1.62. The quantitative estimate of drug-likeness (QED) is 0.709. The molecule has 4 N–H and O–H groups in total. The van der Waals surface area contributed by atoms with Gasteiger partial charge in [0.1, 0.15) is 11.2 Å². The Kier molecular flexibility index (Phi) is 3.90. The Balaban J connectivity index is 1.99. The first-order valence-electron chi connectivity index (χ1n) is 5.99. The number of hydrogen-bond acceptors (Lipinski definition) is 4. The van der Waals surface area contributed by atoms with E-state index in [0.29, 0.717) is 0 Å². The van der Waals surface area contributed by atoms with Gasteiger partial charge in [-0.3, -0.25) is 9.59 Å². The van der Waals surface area contributed by atoms with E-state index in [1.807, 2.05) is 0 Å². The minimum atomic E-state index is -0.626. The van der Waals surface area contributed by atoms with Crippen LogP contribution in [0, 0.1) is 0 Å². The number of nitrogens with two attached hydrogens (primary N) is 1. The van der Waals surface area contributed by atoms with Gasteiger partial charge in [0.15, 0.2) is 0 Å². The van der Waals surface area contributed by atoms with Crippen molar-refractivity contribution in [3.05, 3.63) is 23.0 Å². The van der Waals surface area contributed by atoms with Gasteiger partial charge in [-0.2, -0.15) is 0 Å². The lowest BCUT2D eigenvalue weighted by Crippen LogP contribution is -2.45. The number of pyridine rings is 1. The van der Waals surface area contributed by atoms with Crippen molar-refractivity contribution in [1.82, 2.24) is 15.6 Å². The summed E-state index contributed by atoms with van der Waals surface area (Å²) in [6, 6.07) is 1.00. The van der Waals surface area contributed by atoms with Gasteiger partial charge in [0.2, 0.25) is 5.91 Å². The molecule has 7 heteroatoms. The zero-order valence-electron chi connectivity index (χ0n) is 10.4. The van der Waals surface area contributed by atoms with E-state index in [1.165, 1.54) is 12.3 Å². The summed E-state index contributed by atoms with van der Waals surface area (Å²) < 4.78 is 0. The summed E-state index contributed by atoms with van der Waals surface area (Å²) >= 11 is 5.71. The molecule has 2 rings (SSSR count). The zero-order chi connectivity index (χ0) is 14.0. The van der Waals surface area contributed by atoms with Gasteiger partial charge in [-0.1, -0.05) is 11.6 Å².